The fourth-order valence-corrected chi connectivity index (χ4v) is 3.32. The molecule has 17 heavy (non-hydrogen) atoms. The smallest absolute Gasteiger partial charge is 0.103 e. The number of benzene rings is 1. The third-order valence-electron chi connectivity index (χ3n) is 2.17. The minimum Gasteiger partial charge on any atom is -0.387 e. The number of aromatic nitrogens is 1. The van der Waals surface area contributed by atoms with Crippen molar-refractivity contribution in [1.29, 1.82) is 0 Å². The minimum absolute atomic E-state index is 0.474. The van der Waals surface area contributed by atoms with Crippen LogP contribution in [0.2, 0.25) is 0 Å². The van der Waals surface area contributed by atoms with E-state index in [0.29, 0.717) is 0 Å². The number of hydrogen-bond acceptors (Lipinski definition) is 4. The Bertz CT molecular complexity index is 482. The zero-order chi connectivity index (χ0) is 12.3. The molecule has 2 rings (SSSR count). The molecule has 1 N–H and O–H groups in total. The summed E-state index contributed by atoms with van der Waals surface area (Å²) in [4.78, 5) is 5.60. The Balaban J connectivity index is 1.95. The summed E-state index contributed by atoms with van der Waals surface area (Å²) >= 11 is 6.77. The van der Waals surface area contributed by atoms with Gasteiger partial charge in [-0.25, -0.2) is 4.98 Å². The first-order valence-electron chi connectivity index (χ1n) is 5.16. The standard InChI is InChI=1S/C12H12BrNOS2/c1-8(15)11-6-17-12(14-11)7-16-10-4-2-9(13)3-5-10/h2-6,8,15H,7H2,1H3. The molecule has 0 radical (unpaired) electrons. The Kier molecular flexibility index (Phi) is 4.62. The molecule has 0 saturated carbocycles. The van der Waals surface area contributed by atoms with E-state index >= 15 is 0 Å². The molecule has 1 heterocycles. The van der Waals surface area contributed by atoms with Crippen molar-refractivity contribution in [2.24, 2.45) is 0 Å². The predicted octanol–water partition coefficient (Wildman–Crippen LogP) is 4.25. The molecule has 0 spiro atoms. The molecule has 0 saturated heterocycles. The van der Waals surface area contributed by atoms with Crippen LogP contribution >= 0.6 is 39.0 Å². The van der Waals surface area contributed by atoms with Gasteiger partial charge in [-0.1, -0.05) is 15.9 Å². The SMILES string of the molecule is CC(O)c1csc(CSc2ccc(Br)cc2)n1. The summed E-state index contributed by atoms with van der Waals surface area (Å²) in [5.74, 6) is 0.846. The number of thioether (sulfide) groups is 1. The molecular formula is C12H12BrNOS2. The third kappa shape index (κ3) is 3.81. The molecule has 2 nitrogen and oxygen atoms in total. The van der Waals surface area contributed by atoms with E-state index in [1.165, 1.54) is 4.90 Å². The van der Waals surface area contributed by atoms with Gasteiger partial charge >= 0.3 is 0 Å². The Hall–Kier alpha value is -0.360. The summed E-state index contributed by atoms with van der Waals surface area (Å²) in [6.07, 6.45) is -0.474. The summed E-state index contributed by atoms with van der Waals surface area (Å²) in [6, 6.07) is 8.23. The highest BCUT2D eigenvalue weighted by molar-refractivity contribution is 9.10. The minimum atomic E-state index is -0.474. The topological polar surface area (TPSA) is 33.1 Å². The van der Waals surface area contributed by atoms with Gasteiger partial charge in [-0.15, -0.1) is 23.1 Å². The van der Waals surface area contributed by atoms with Crippen molar-refractivity contribution in [2.75, 3.05) is 0 Å². The summed E-state index contributed by atoms with van der Waals surface area (Å²) in [5.41, 5.74) is 0.765. The monoisotopic (exact) mass is 329 g/mol. The van der Waals surface area contributed by atoms with Crippen LogP contribution in [-0.4, -0.2) is 10.1 Å². The van der Waals surface area contributed by atoms with Crippen LogP contribution in [0.25, 0.3) is 0 Å². The molecule has 2 aromatic rings. The Labute approximate surface area is 117 Å². The van der Waals surface area contributed by atoms with E-state index in [2.05, 4.69) is 33.0 Å². The number of thiazole rings is 1. The fourth-order valence-electron chi connectivity index (χ4n) is 1.26. The van der Waals surface area contributed by atoms with Gasteiger partial charge in [-0.2, -0.15) is 0 Å². The molecule has 0 aliphatic heterocycles. The third-order valence-corrected chi connectivity index (χ3v) is 4.78. The molecular weight excluding hydrogens is 318 g/mol. The van der Waals surface area contributed by atoms with Gasteiger partial charge < -0.3 is 5.11 Å². The van der Waals surface area contributed by atoms with E-state index in [0.717, 1.165) is 20.9 Å². The maximum absolute atomic E-state index is 9.38. The van der Waals surface area contributed by atoms with Crippen molar-refractivity contribution >= 4 is 39.0 Å². The Morgan fingerprint density at radius 2 is 2.12 bits per heavy atom. The second kappa shape index (κ2) is 6.00. The largest absolute Gasteiger partial charge is 0.387 e. The predicted molar refractivity (Wildman–Crippen MR) is 76.5 cm³/mol. The van der Waals surface area contributed by atoms with Crippen molar-refractivity contribution in [2.45, 2.75) is 23.7 Å². The van der Waals surface area contributed by atoms with Crippen LogP contribution in [0.4, 0.5) is 0 Å². The van der Waals surface area contributed by atoms with Crippen LogP contribution in [0, 0.1) is 0 Å². The van der Waals surface area contributed by atoms with E-state index in [9.17, 15) is 5.11 Å². The Morgan fingerprint density at radius 3 is 2.71 bits per heavy atom. The van der Waals surface area contributed by atoms with Gasteiger partial charge in [0, 0.05) is 14.7 Å². The van der Waals surface area contributed by atoms with E-state index < -0.39 is 6.10 Å². The molecule has 1 aromatic heterocycles. The molecule has 0 fully saturated rings. The summed E-state index contributed by atoms with van der Waals surface area (Å²) in [7, 11) is 0. The van der Waals surface area contributed by atoms with Crippen LogP contribution in [0.3, 0.4) is 0 Å². The first kappa shape index (κ1) is 13.1. The van der Waals surface area contributed by atoms with Gasteiger partial charge in [0.25, 0.3) is 0 Å². The van der Waals surface area contributed by atoms with E-state index in [-0.39, 0.29) is 0 Å². The normalized spacial score (nSPS) is 12.6. The quantitative estimate of drug-likeness (QED) is 0.851. The number of aliphatic hydroxyl groups excluding tert-OH is 1. The van der Waals surface area contributed by atoms with E-state index in [1.54, 1.807) is 30.0 Å². The van der Waals surface area contributed by atoms with Crippen molar-refractivity contribution in [3.63, 3.8) is 0 Å². The van der Waals surface area contributed by atoms with Gasteiger partial charge in [0.2, 0.25) is 0 Å². The van der Waals surface area contributed by atoms with Gasteiger partial charge in [-0.3, -0.25) is 0 Å². The molecule has 1 atom stereocenters. The zero-order valence-electron chi connectivity index (χ0n) is 9.26. The maximum Gasteiger partial charge on any atom is 0.103 e. The summed E-state index contributed by atoms with van der Waals surface area (Å²) < 4.78 is 1.09. The highest BCUT2D eigenvalue weighted by atomic mass is 79.9. The lowest BCUT2D eigenvalue weighted by molar-refractivity contribution is 0.195. The lowest BCUT2D eigenvalue weighted by Crippen LogP contribution is -1.91. The second-order valence-electron chi connectivity index (χ2n) is 3.58. The molecule has 1 unspecified atom stereocenters. The number of nitrogens with zero attached hydrogens (tertiary/aromatic N) is 1. The van der Waals surface area contributed by atoms with Crippen LogP contribution < -0.4 is 0 Å². The van der Waals surface area contributed by atoms with Crippen molar-refractivity contribution < 1.29 is 5.11 Å². The molecule has 0 aliphatic carbocycles. The van der Waals surface area contributed by atoms with Crippen molar-refractivity contribution in [3.05, 3.63) is 44.8 Å². The van der Waals surface area contributed by atoms with Crippen LogP contribution in [0.15, 0.2) is 39.0 Å². The average molecular weight is 330 g/mol. The fraction of sp³-hybridized carbons (Fsp3) is 0.250. The summed E-state index contributed by atoms with van der Waals surface area (Å²) in [5, 5.41) is 12.4. The van der Waals surface area contributed by atoms with Gasteiger partial charge in [0.15, 0.2) is 0 Å². The van der Waals surface area contributed by atoms with E-state index in [4.69, 9.17) is 0 Å². The number of rotatable bonds is 4. The van der Waals surface area contributed by atoms with Crippen molar-refractivity contribution in [1.82, 2.24) is 4.98 Å². The first-order valence-corrected chi connectivity index (χ1v) is 7.81. The Morgan fingerprint density at radius 1 is 1.41 bits per heavy atom. The first-order chi connectivity index (χ1) is 8.15. The molecule has 5 heteroatoms. The van der Waals surface area contributed by atoms with Crippen LogP contribution in [0.5, 0.6) is 0 Å². The van der Waals surface area contributed by atoms with Crippen LogP contribution in [0.1, 0.15) is 23.7 Å². The lowest BCUT2D eigenvalue weighted by atomic mass is 10.3. The van der Waals surface area contributed by atoms with Crippen LogP contribution in [-0.2, 0) is 5.75 Å². The molecule has 1 aromatic carbocycles. The highest BCUT2D eigenvalue weighted by Crippen LogP contribution is 2.26. The average Bonchev–Trinajstić information content (AvgIpc) is 2.77. The summed E-state index contributed by atoms with van der Waals surface area (Å²) in [6.45, 7) is 1.74. The lowest BCUT2D eigenvalue weighted by Gasteiger charge is -1.99. The number of hydrogen-bond donors (Lipinski definition) is 1. The van der Waals surface area contributed by atoms with Gasteiger partial charge in [-0.05, 0) is 31.2 Å². The molecule has 0 aliphatic rings. The molecule has 0 bridgehead atoms. The highest BCUT2D eigenvalue weighted by Gasteiger charge is 2.07. The molecule has 0 amide bonds. The maximum atomic E-state index is 9.38. The van der Waals surface area contributed by atoms with E-state index in [1.807, 2.05) is 17.5 Å². The van der Waals surface area contributed by atoms with Crippen molar-refractivity contribution in [3.8, 4) is 0 Å². The zero-order valence-corrected chi connectivity index (χ0v) is 12.5. The molecule has 90 valence electrons. The number of halogens is 1. The number of aliphatic hydroxyl groups is 1. The van der Waals surface area contributed by atoms with Gasteiger partial charge in [0.1, 0.15) is 5.01 Å². The second-order valence-corrected chi connectivity index (χ2v) is 6.49. The van der Waals surface area contributed by atoms with Gasteiger partial charge in [0.05, 0.1) is 17.6 Å².